The zero-order chi connectivity index (χ0) is 20.4. The van der Waals surface area contributed by atoms with Gasteiger partial charge in [-0.15, -0.1) is 0 Å². The number of halogens is 1. The van der Waals surface area contributed by atoms with Crippen molar-refractivity contribution in [2.24, 2.45) is 9.81 Å². The minimum atomic E-state index is -1.47. The fourth-order valence-corrected chi connectivity index (χ4v) is 4.57. The molecule has 28 heavy (non-hydrogen) atoms. The normalized spacial score (nSPS) is 24.5. The van der Waals surface area contributed by atoms with Crippen molar-refractivity contribution in [1.29, 1.82) is 0 Å². The van der Waals surface area contributed by atoms with E-state index in [-0.39, 0.29) is 18.1 Å². The molecule has 0 bridgehead atoms. The standard InChI is InChI=1S/C21H29FN2O3S/c1-20(2,3)28(26)23-18-17(22)9-10-21(18)11-13-24(14-12-21)19(25)27-15-16-7-5-4-6-8-16/h4-8,17H,9-15H2,1-3H3/b23-18+. The Labute approximate surface area is 169 Å². The van der Waals surface area contributed by atoms with Gasteiger partial charge in [-0.1, -0.05) is 34.7 Å². The van der Waals surface area contributed by atoms with E-state index in [1.165, 1.54) is 0 Å². The number of piperidine rings is 1. The fourth-order valence-electron chi connectivity index (χ4n) is 3.81. The number of amides is 1. The molecule has 1 aromatic carbocycles. The molecule has 3 rings (SSSR count). The monoisotopic (exact) mass is 408 g/mol. The third-order valence-electron chi connectivity index (χ3n) is 5.61. The molecule has 2 atom stereocenters. The average Bonchev–Trinajstić information content (AvgIpc) is 2.96. The number of carbonyl (C=O) groups excluding carboxylic acids is 1. The number of ether oxygens (including phenoxy) is 1. The van der Waals surface area contributed by atoms with Crippen LogP contribution in [0, 0.1) is 5.41 Å². The molecular formula is C21H29FN2O3S. The highest BCUT2D eigenvalue weighted by Gasteiger charge is 2.50. The van der Waals surface area contributed by atoms with Gasteiger partial charge in [-0.3, -0.25) is 0 Å². The maximum atomic E-state index is 14.6. The van der Waals surface area contributed by atoms with E-state index in [4.69, 9.17) is 4.74 Å². The Balaban J connectivity index is 1.61. The number of rotatable bonds is 3. The molecule has 1 saturated heterocycles. The second kappa shape index (κ2) is 8.41. The topological polar surface area (TPSA) is 65.0 Å². The third-order valence-corrected chi connectivity index (χ3v) is 7.02. The fraction of sp³-hybridized carbons (Fsp3) is 0.619. The van der Waals surface area contributed by atoms with Crippen LogP contribution in [-0.4, -0.2) is 45.3 Å². The van der Waals surface area contributed by atoms with Crippen LogP contribution in [0.1, 0.15) is 52.0 Å². The minimum absolute atomic E-state index is 0.241. The SMILES string of the molecule is CC(C)(C)[S+]([O-])/N=C1\C(F)CCC12CCN(C(=O)OCc1ccccc1)CC2. The molecule has 7 heteroatoms. The highest BCUT2D eigenvalue weighted by Crippen LogP contribution is 2.46. The van der Waals surface area contributed by atoms with E-state index in [1.54, 1.807) is 4.90 Å². The van der Waals surface area contributed by atoms with Crippen molar-refractivity contribution >= 4 is 23.2 Å². The first kappa shape index (κ1) is 21.1. The molecule has 0 N–H and O–H groups in total. The number of likely N-dealkylation sites (tertiary alicyclic amines) is 1. The van der Waals surface area contributed by atoms with Crippen molar-refractivity contribution < 1.29 is 18.5 Å². The summed E-state index contributed by atoms with van der Waals surface area (Å²) in [5.41, 5.74) is 1.01. The van der Waals surface area contributed by atoms with E-state index in [1.807, 2.05) is 51.1 Å². The van der Waals surface area contributed by atoms with Gasteiger partial charge in [-0.2, -0.15) is 0 Å². The number of benzene rings is 1. The zero-order valence-electron chi connectivity index (χ0n) is 16.8. The molecule has 1 aliphatic carbocycles. The van der Waals surface area contributed by atoms with E-state index in [0.717, 1.165) is 5.56 Å². The summed E-state index contributed by atoms with van der Waals surface area (Å²) in [6.45, 7) is 6.77. The van der Waals surface area contributed by atoms with Crippen LogP contribution in [0.3, 0.4) is 0 Å². The van der Waals surface area contributed by atoms with Gasteiger partial charge in [0.05, 0.1) is 0 Å². The number of alkyl halides is 1. The van der Waals surface area contributed by atoms with Crippen LogP contribution < -0.4 is 0 Å². The number of nitrogens with zero attached hydrogens (tertiary/aromatic N) is 2. The quantitative estimate of drug-likeness (QED) is 0.695. The van der Waals surface area contributed by atoms with Crippen LogP contribution >= 0.6 is 0 Å². The van der Waals surface area contributed by atoms with E-state index in [0.29, 0.717) is 44.5 Å². The first-order chi connectivity index (χ1) is 13.2. The second-order valence-corrected chi connectivity index (χ2v) is 10.6. The van der Waals surface area contributed by atoms with Gasteiger partial charge in [0.25, 0.3) is 0 Å². The molecule has 1 aromatic rings. The summed E-state index contributed by atoms with van der Waals surface area (Å²) in [5, 5.41) is 0. The second-order valence-electron chi connectivity index (χ2n) is 8.65. The van der Waals surface area contributed by atoms with Gasteiger partial charge in [-0.25, -0.2) is 9.18 Å². The number of carbonyl (C=O) groups is 1. The van der Waals surface area contributed by atoms with Crippen LogP contribution in [0.25, 0.3) is 0 Å². The Morgan fingerprint density at radius 2 is 1.93 bits per heavy atom. The number of hydrogen-bond acceptors (Lipinski definition) is 4. The Kier molecular flexibility index (Phi) is 6.34. The number of hydrogen-bond donors (Lipinski definition) is 0. The van der Waals surface area contributed by atoms with Crippen LogP contribution in [0.5, 0.6) is 0 Å². The van der Waals surface area contributed by atoms with Gasteiger partial charge in [0.15, 0.2) is 0 Å². The van der Waals surface area contributed by atoms with Crippen LogP contribution in [0.4, 0.5) is 9.18 Å². The molecule has 1 spiro atoms. The van der Waals surface area contributed by atoms with Gasteiger partial charge in [0.1, 0.15) is 34.6 Å². The van der Waals surface area contributed by atoms with E-state index in [9.17, 15) is 13.7 Å². The molecule has 154 valence electrons. The lowest BCUT2D eigenvalue weighted by Gasteiger charge is -2.39. The van der Waals surface area contributed by atoms with Crippen LogP contribution in [0.2, 0.25) is 0 Å². The zero-order valence-corrected chi connectivity index (χ0v) is 17.6. The molecule has 2 unspecified atom stereocenters. The highest BCUT2D eigenvalue weighted by atomic mass is 32.2. The molecule has 1 heterocycles. The molecular weight excluding hydrogens is 379 g/mol. The molecule has 1 saturated carbocycles. The first-order valence-electron chi connectivity index (χ1n) is 9.82. The highest BCUT2D eigenvalue weighted by molar-refractivity contribution is 7.91. The summed E-state index contributed by atoms with van der Waals surface area (Å²) in [7, 11) is 0. The lowest BCUT2D eigenvalue weighted by atomic mass is 9.76. The summed E-state index contributed by atoms with van der Waals surface area (Å²) in [6.07, 6.45) is 0.898. The van der Waals surface area contributed by atoms with Gasteiger partial charge in [-0.05, 0) is 52.0 Å². The molecule has 5 nitrogen and oxygen atoms in total. The molecule has 0 aromatic heterocycles. The van der Waals surface area contributed by atoms with Crippen molar-refractivity contribution in [3.63, 3.8) is 0 Å². The largest absolute Gasteiger partial charge is 0.591 e. The Morgan fingerprint density at radius 3 is 2.54 bits per heavy atom. The lowest BCUT2D eigenvalue weighted by molar-refractivity contribution is 0.0757. The molecule has 0 radical (unpaired) electrons. The van der Waals surface area contributed by atoms with Gasteiger partial charge in [0, 0.05) is 18.5 Å². The Hall–Kier alpha value is -1.60. The van der Waals surface area contributed by atoms with Gasteiger partial charge < -0.3 is 14.2 Å². The summed E-state index contributed by atoms with van der Waals surface area (Å²) in [6, 6.07) is 9.56. The third kappa shape index (κ3) is 4.69. The predicted molar refractivity (Wildman–Crippen MR) is 109 cm³/mol. The Bertz CT molecular complexity index is 712. The summed E-state index contributed by atoms with van der Waals surface area (Å²) >= 11 is -1.47. The minimum Gasteiger partial charge on any atom is -0.591 e. The van der Waals surface area contributed by atoms with E-state index < -0.39 is 22.3 Å². The van der Waals surface area contributed by atoms with Crippen molar-refractivity contribution in [3.8, 4) is 0 Å². The summed E-state index contributed by atoms with van der Waals surface area (Å²) in [4.78, 5) is 14.1. The molecule has 1 amide bonds. The first-order valence-corrected chi connectivity index (χ1v) is 10.9. The molecule has 2 fully saturated rings. The maximum absolute atomic E-state index is 14.6. The lowest BCUT2D eigenvalue weighted by Crippen LogP contribution is -2.46. The van der Waals surface area contributed by atoms with E-state index >= 15 is 0 Å². The maximum Gasteiger partial charge on any atom is 0.410 e. The Morgan fingerprint density at radius 1 is 1.29 bits per heavy atom. The molecule has 2 aliphatic rings. The van der Waals surface area contributed by atoms with Crippen molar-refractivity contribution in [3.05, 3.63) is 35.9 Å². The smallest absolute Gasteiger partial charge is 0.410 e. The van der Waals surface area contributed by atoms with Gasteiger partial charge >= 0.3 is 6.09 Å². The summed E-state index contributed by atoms with van der Waals surface area (Å²) < 4.78 is 36.2. The van der Waals surface area contributed by atoms with Crippen molar-refractivity contribution in [2.75, 3.05) is 13.1 Å². The van der Waals surface area contributed by atoms with Crippen LogP contribution in [0.15, 0.2) is 34.7 Å². The van der Waals surface area contributed by atoms with Gasteiger partial charge in [0.2, 0.25) is 0 Å². The average molecular weight is 409 g/mol. The van der Waals surface area contributed by atoms with E-state index in [2.05, 4.69) is 4.40 Å². The van der Waals surface area contributed by atoms with Crippen LogP contribution in [-0.2, 0) is 22.7 Å². The van der Waals surface area contributed by atoms with Crippen molar-refractivity contribution in [1.82, 2.24) is 4.90 Å². The summed E-state index contributed by atoms with van der Waals surface area (Å²) in [5.74, 6) is 0. The molecule has 1 aliphatic heterocycles. The van der Waals surface area contributed by atoms with Crippen molar-refractivity contribution in [2.45, 2.75) is 64.0 Å². The predicted octanol–water partition coefficient (Wildman–Crippen LogP) is 4.44.